The molecule has 0 aliphatic heterocycles. The molecule has 0 spiro atoms. The van der Waals surface area contributed by atoms with E-state index in [4.69, 9.17) is 0 Å². The van der Waals surface area contributed by atoms with Crippen molar-refractivity contribution in [2.24, 2.45) is 0 Å². The van der Waals surface area contributed by atoms with E-state index in [1.54, 1.807) is 11.3 Å². The van der Waals surface area contributed by atoms with E-state index < -0.39 is 0 Å². The zero-order valence-electron chi connectivity index (χ0n) is 11.9. The van der Waals surface area contributed by atoms with Gasteiger partial charge < -0.3 is 10.2 Å². The molecule has 108 valence electrons. The second-order valence-corrected chi connectivity index (χ2v) is 6.78. The van der Waals surface area contributed by atoms with Gasteiger partial charge in [0.15, 0.2) is 5.13 Å². The average Bonchev–Trinajstić information content (AvgIpc) is 2.88. The molecular formula is C15H20BrN3S. The molecule has 3 nitrogen and oxygen atoms in total. The van der Waals surface area contributed by atoms with E-state index >= 15 is 0 Å². The molecule has 2 aromatic rings. The number of nitrogens with zero attached hydrogens (tertiary/aromatic N) is 2. The Balaban J connectivity index is 1.93. The summed E-state index contributed by atoms with van der Waals surface area (Å²) in [7, 11) is 2.09. The molecule has 2 rings (SSSR count). The third kappa shape index (κ3) is 4.58. The van der Waals surface area contributed by atoms with Crippen molar-refractivity contribution >= 4 is 32.4 Å². The highest BCUT2D eigenvalue weighted by Crippen LogP contribution is 2.23. The zero-order chi connectivity index (χ0) is 14.4. The number of rotatable bonds is 7. The van der Waals surface area contributed by atoms with Crippen LogP contribution in [0.4, 0.5) is 5.13 Å². The Kier molecular flexibility index (Phi) is 6.01. The second kappa shape index (κ2) is 7.76. The normalized spacial score (nSPS) is 10.8. The number of aromatic nitrogens is 1. The Labute approximate surface area is 133 Å². The standard InChI is InChI=1S/C15H20BrN3S/c1-3-7-17-9-14-10-18-15(20-14)19(2)11-12-5-4-6-13(16)8-12/h4-6,8,10,17H,3,7,9,11H2,1-2H3. The minimum atomic E-state index is 0.870. The highest BCUT2D eigenvalue weighted by Gasteiger charge is 2.07. The maximum atomic E-state index is 4.51. The maximum absolute atomic E-state index is 4.51. The van der Waals surface area contributed by atoms with Crippen molar-refractivity contribution in [1.29, 1.82) is 0 Å². The first kappa shape index (κ1) is 15.5. The molecule has 5 heteroatoms. The number of nitrogens with one attached hydrogen (secondary N) is 1. The summed E-state index contributed by atoms with van der Waals surface area (Å²) in [6.07, 6.45) is 3.13. The van der Waals surface area contributed by atoms with E-state index in [9.17, 15) is 0 Å². The summed E-state index contributed by atoms with van der Waals surface area (Å²) in [4.78, 5) is 7.98. The monoisotopic (exact) mass is 353 g/mol. The van der Waals surface area contributed by atoms with Crippen LogP contribution in [0.25, 0.3) is 0 Å². The number of benzene rings is 1. The molecule has 0 fully saturated rings. The molecule has 0 aliphatic rings. The van der Waals surface area contributed by atoms with Gasteiger partial charge in [0.2, 0.25) is 0 Å². The lowest BCUT2D eigenvalue weighted by molar-refractivity contribution is 0.681. The van der Waals surface area contributed by atoms with Gasteiger partial charge in [-0.2, -0.15) is 0 Å². The van der Waals surface area contributed by atoms with Crippen molar-refractivity contribution in [2.45, 2.75) is 26.4 Å². The number of thiazole rings is 1. The molecule has 1 aromatic carbocycles. The summed E-state index contributed by atoms with van der Waals surface area (Å²) in [5, 5.41) is 4.47. The van der Waals surface area contributed by atoms with Crippen LogP contribution in [0.5, 0.6) is 0 Å². The van der Waals surface area contributed by atoms with Gasteiger partial charge in [-0.15, -0.1) is 11.3 Å². The molecule has 1 aromatic heterocycles. The number of halogens is 1. The summed E-state index contributed by atoms with van der Waals surface area (Å²) in [6, 6.07) is 8.39. The van der Waals surface area contributed by atoms with Gasteiger partial charge in [0, 0.05) is 35.7 Å². The lowest BCUT2D eigenvalue weighted by Gasteiger charge is -2.15. The number of hydrogen-bond donors (Lipinski definition) is 1. The zero-order valence-corrected chi connectivity index (χ0v) is 14.3. The quantitative estimate of drug-likeness (QED) is 0.761. The molecule has 0 saturated carbocycles. The van der Waals surface area contributed by atoms with Crippen molar-refractivity contribution in [2.75, 3.05) is 18.5 Å². The smallest absolute Gasteiger partial charge is 0.185 e. The molecule has 0 unspecified atom stereocenters. The molecule has 0 amide bonds. The van der Waals surface area contributed by atoms with Gasteiger partial charge in [0.25, 0.3) is 0 Å². The first-order valence-corrected chi connectivity index (χ1v) is 8.41. The highest BCUT2D eigenvalue weighted by atomic mass is 79.9. The summed E-state index contributed by atoms with van der Waals surface area (Å²) in [5.41, 5.74) is 1.28. The molecule has 0 atom stereocenters. The SMILES string of the molecule is CCCNCc1cnc(N(C)Cc2cccc(Br)c2)s1. The van der Waals surface area contributed by atoms with Gasteiger partial charge in [0.05, 0.1) is 0 Å². The van der Waals surface area contributed by atoms with E-state index in [-0.39, 0.29) is 0 Å². The third-order valence-corrected chi connectivity index (χ3v) is 4.51. The minimum absolute atomic E-state index is 0.870. The lowest BCUT2D eigenvalue weighted by atomic mass is 10.2. The van der Waals surface area contributed by atoms with Gasteiger partial charge >= 0.3 is 0 Å². The summed E-state index contributed by atoms with van der Waals surface area (Å²) in [5.74, 6) is 0. The summed E-state index contributed by atoms with van der Waals surface area (Å²) < 4.78 is 1.12. The predicted molar refractivity (Wildman–Crippen MR) is 90.4 cm³/mol. The summed E-state index contributed by atoms with van der Waals surface area (Å²) in [6.45, 7) is 5.02. The van der Waals surface area contributed by atoms with Crippen molar-refractivity contribution in [3.05, 3.63) is 45.4 Å². The van der Waals surface area contributed by atoms with Crippen LogP contribution in [0, 0.1) is 0 Å². The Morgan fingerprint density at radius 3 is 3.00 bits per heavy atom. The molecule has 20 heavy (non-hydrogen) atoms. The Morgan fingerprint density at radius 1 is 1.40 bits per heavy atom. The fourth-order valence-corrected chi connectivity index (χ4v) is 3.21. The summed E-state index contributed by atoms with van der Waals surface area (Å²) >= 11 is 5.26. The van der Waals surface area contributed by atoms with Crippen molar-refractivity contribution in [3.8, 4) is 0 Å². The van der Waals surface area contributed by atoms with E-state index in [1.165, 1.54) is 10.4 Å². The highest BCUT2D eigenvalue weighted by molar-refractivity contribution is 9.10. The number of anilines is 1. The molecule has 0 bridgehead atoms. The van der Waals surface area contributed by atoms with E-state index in [2.05, 4.69) is 63.3 Å². The molecule has 0 saturated heterocycles. The van der Waals surface area contributed by atoms with Crippen LogP contribution < -0.4 is 10.2 Å². The van der Waals surface area contributed by atoms with E-state index in [1.807, 2.05) is 12.3 Å². The Morgan fingerprint density at radius 2 is 2.25 bits per heavy atom. The largest absolute Gasteiger partial charge is 0.347 e. The van der Waals surface area contributed by atoms with Crippen LogP contribution in [0.1, 0.15) is 23.8 Å². The third-order valence-electron chi connectivity index (χ3n) is 2.90. The molecule has 0 radical (unpaired) electrons. The Bertz CT molecular complexity index is 541. The van der Waals surface area contributed by atoms with Crippen LogP contribution in [-0.4, -0.2) is 18.6 Å². The van der Waals surface area contributed by atoms with Crippen molar-refractivity contribution in [3.63, 3.8) is 0 Å². The van der Waals surface area contributed by atoms with E-state index in [0.29, 0.717) is 0 Å². The van der Waals surface area contributed by atoms with Crippen LogP contribution in [0.2, 0.25) is 0 Å². The minimum Gasteiger partial charge on any atom is -0.347 e. The van der Waals surface area contributed by atoms with Crippen LogP contribution in [0.15, 0.2) is 34.9 Å². The molecule has 0 aliphatic carbocycles. The van der Waals surface area contributed by atoms with Crippen LogP contribution in [0.3, 0.4) is 0 Å². The van der Waals surface area contributed by atoms with Gasteiger partial charge in [-0.25, -0.2) is 4.98 Å². The van der Waals surface area contributed by atoms with Crippen LogP contribution >= 0.6 is 27.3 Å². The van der Waals surface area contributed by atoms with Crippen molar-refractivity contribution in [1.82, 2.24) is 10.3 Å². The topological polar surface area (TPSA) is 28.2 Å². The van der Waals surface area contributed by atoms with Crippen molar-refractivity contribution < 1.29 is 0 Å². The van der Waals surface area contributed by atoms with Gasteiger partial charge in [-0.05, 0) is 30.7 Å². The molecule has 1 heterocycles. The maximum Gasteiger partial charge on any atom is 0.185 e. The first-order valence-electron chi connectivity index (χ1n) is 6.80. The average molecular weight is 354 g/mol. The van der Waals surface area contributed by atoms with E-state index in [0.717, 1.165) is 35.7 Å². The second-order valence-electron chi connectivity index (χ2n) is 4.77. The lowest BCUT2D eigenvalue weighted by Crippen LogP contribution is -2.15. The molecule has 1 N–H and O–H groups in total. The fraction of sp³-hybridized carbons (Fsp3) is 0.400. The van der Waals surface area contributed by atoms with Gasteiger partial charge in [-0.1, -0.05) is 35.0 Å². The Hall–Kier alpha value is -0.910. The van der Waals surface area contributed by atoms with Gasteiger partial charge in [-0.3, -0.25) is 0 Å². The fourth-order valence-electron chi connectivity index (χ4n) is 1.92. The van der Waals surface area contributed by atoms with Gasteiger partial charge in [0.1, 0.15) is 0 Å². The van der Waals surface area contributed by atoms with Crippen LogP contribution in [-0.2, 0) is 13.1 Å². The predicted octanol–water partition coefficient (Wildman–Crippen LogP) is 4.04. The first-order chi connectivity index (χ1) is 9.69. The number of hydrogen-bond acceptors (Lipinski definition) is 4. The molecular weight excluding hydrogens is 334 g/mol.